The fourth-order valence-corrected chi connectivity index (χ4v) is 2.81. The van der Waals surface area contributed by atoms with Crippen LogP contribution in [0.4, 0.5) is 0 Å². The molecule has 0 aromatic heterocycles. The Morgan fingerprint density at radius 2 is 2.05 bits per heavy atom. The Bertz CT molecular complexity index is 442. The lowest BCUT2D eigenvalue weighted by molar-refractivity contribution is -0.123. The number of amides is 1. The molecule has 1 aliphatic rings. The largest absolute Gasteiger partial charge is 0.349 e. The van der Waals surface area contributed by atoms with Gasteiger partial charge in [-0.3, -0.25) is 4.79 Å². The van der Waals surface area contributed by atoms with Crippen molar-refractivity contribution >= 4 is 29.9 Å². The van der Waals surface area contributed by atoms with Crippen LogP contribution in [0.3, 0.4) is 0 Å². The summed E-state index contributed by atoms with van der Waals surface area (Å²) in [5.74, 6) is 0.974. The van der Waals surface area contributed by atoms with Gasteiger partial charge in [-0.1, -0.05) is 37.6 Å². The van der Waals surface area contributed by atoms with E-state index in [1.807, 2.05) is 24.3 Å². The van der Waals surface area contributed by atoms with Crippen LogP contribution in [0.25, 0.3) is 0 Å². The molecular formula is C16H24Cl2N2O. The van der Waals surface area contributed by atoms with Crippen LogP contribution in [0.1, 0.15) is 38.3 Å². The second-order valence-electron chi connectivity index (χ2n) is 5.90. The highest BCUT2D eigenvalue weighted by molar-refractivity contribution is 6.30. The summed E-state index contributed by atoms with van der Waals surface area (Å²) >= 11 is 5.92. The topological polar surface area (TPSA) is 41.1 Å². The van der Waals surface area contributed by atoms with E-state index in [0.29, 0.717) is 18.3 Å². The van der Waals surface area contributed by atoms with Crippen LogP contribution in [0.15, 0.2) is 24.3 Å². The van der Waals surface area contributed by atoms with E-state index in [1.165, 1.54) is 0 Å². The number of hydrogen-bond acceptors (Lipinski definition) is 2. The van der Waals surface area contributed by atoms with Gasteiger partial charge in [-0.15, -0.1) is 12.4 Å². The lowest BCUT2D eigenvalue weighted by Gasteiger charge is -2.23. The molecule has 2 N–H and O–H groups in total. The molecule has 1 amide bonds. The standard InChI is InChI=1S/C16H23ClN2O.ClH/c1-11(2)16(13-3-5-14(17)6-4-13)19-15(20)9-12-7-8-18-10-12;/h3-6,11-12,16,18H,7-10H2,1-2H3,(H,19,20);1H. The van der Waals surface area contributed by atoms with Gasteiger partial charge in [0, 0.05) is 11.4 Å². The van der Waals surface area contributed by atoms with Gasteiger partial charge >= 0.3 is 0 Å². The van der Waals surface area contributed by atoms with Gasteiger partial charge in [0.25, 0.3) is 0 Å². The van der Waals surface area contributed by atoms with Gasteiger partial charge in [0.1, 0.15) is 0 Å². The maximum absolute atomic E-state index is 12.2. The SMILES string of the molecule is CC(C)C(NC(=O)CC1CCNC1)c1ccc(Cl)cc1.Cl. The minimum absolute atomic E-state index is 0. The highest BCUT2D eigenvalue weighted by Crippen LogP contribution is 2.24. The van der Waals surface area contributed by atoms with Crippen molar-refractivity contribution in [2.75, 3.05) is 13.1 Å². The van der Waals surface area contributed by atoms with Gasteiger partial charge in [-0.05, 0) is 49.0 Å². The molecule has 1 heterocycles. The molecule has 3 nitrogen and oxygen atoms in total. The van der Waals surface area contributed by atoms with E-state index in [0.717, 1.165) is 30.1 Å². The quantitative estimate of drug-likeness (QED) is 0.866. The molecule has 2 atom stereocenters. The van der Waals surface area contributed by atoms with Crippen molar-refractivity contribution in [3.8, 4) is 0 Å². The summed E-state index contributed by atoms with van der Waals surface area (Å²) in [6.45, 7) is 6.23. The second kappa shape index (κ2) is 8.62. The van der Waals surface area contributed by atoms with Crippen LogP contribution in [-0.2, 0) is 4.79 Å². The highest BCUT2D eigenvalue weighted by Gasteiger charge is 2.22. The van der Waals surface area contributed by atoms with Crippen molar-refractivity contribution in [2.24, 2.45) is 11.8 Å². The van der Waals surface area contributed by atoms with Gasteiger partial charge < -0.3 is 10.6 Å². The summed E-state index contributed by atoms with van der Waals surface area (Å²) in [6, 6.07) is 7.78. The minimum atomic E-state index is 0. The van der Waals surface area contributed by atoms with Crippen molar-refractivity contribution in [3.05, 3.63) is 34.9 Å². The van der Waals surface area contributed by atoms with Crippen LogP contribution in [-0.4, -0.2) is 19.0 Å². The maximum atomic E-state index is 12.2. The normalized spacial score (nSPS) is 19.1. The molecular weight excluding hydrogens is 307 g/mol. The molecule has 0 spiro atoms. The van der Waals surface area contributed by atoms with Crippen LogP contribution in [0, 0.1) is 11.8 Å². The molecule has 2 unspecified atom stereocenters. The molecule has 21 heavy (non-hydrogen) atoms. The first-order valence-electron chi connectivity index (χ1n) is 7.32. The number of halogens is 2. The Kier molecular flexibility index (Phi) is 7.50. The van der Waals surface area contributed by atoms with E-state index in [9.17, 15) is 4.79 Å². The van der Waals surface area contributed by atoms with E-state index in [-0.39, 0.29) is 24.4 Å². The van der Waals surface area contributed by atoms with Crippen LogP contribution in [0.5, 0.6) is 0 Å². The first-order chi connectivity index (χ1) is 9.56. The molecule has 0 saturated carbocycles. The lowest BCUT2D eigenvalue weighted by Crippen LogP contribution is -2.33. The number of rotatable bonds is 5. The first-order valence-corrected chi connectivity index (χ1v) is 7.69. The van der Waals surface area contributed by atoms with Crippen molar-refractivity contribution in [3.63, 3.8) is 0 Å². The smallest absolute Gasteiger partial charge is 0.220 e. The summed E-state index contributed by atoms with van der Waals surface area (Å²) in [7, 11) is 0. The van der Waals surface area contributed by atoms with E-state index in [1.54, 1.807) is 0 Å². The summed E-state index contributed by atoms with van der Waals surface area (Å²) in [5, 5.41) is 7.19. The number of hydrogen-bond donors (Lipinski definition) is 2. The van der Waals surface area contributed by atoms with Crippen LogP contribution in [0.2, 0.25) is 5.02 Å². The second-order valence-corrected chi connectivity index (χ2v) is 6.34. The zero-order valence-electron chi connectivity index (χ0n) is 12.6. The number of benzene rings is 1. The highest BCUT2D eigenvalue weighted by atomic mass is 35.5. The molecule has 1 aromatic rings. The Balaban J connectivity index is 0.00000220. The van der Waals surface area contributed by atoms with Gasteiger partial charge in [0.05, 0.1) is 6.04 Å². The monoisotopic (exact) mass is 330 g/mol. The summed E-state index contributed by atoms with van der Waals surface area (Å²) in [5.41, 5.74) is 1.11. The number of carbonyl (C=O) groups excluding carboxylic acids is 1. The molecule has 0 bridgehead atoms. The third kappa shape index (κ3) is 5.50. The van der Waals surface area contributed by atoms with E-state index >= 15 is 0 Å². The fourth-order valence-electron chi connectivity index (χ4n) is 2.69. The molecule has 1 saturated heterocycles. The maximum Gasteiger partial charge on any atom is 0.220 e. The predicted molar refractivity (Wildman–Crippen MR) is 90.0 cm³/mol. The average Bonchev–Trinajstić information content (AvgIpc) is 2.90. The summed E-state index contributed by atoms with van der Waals surface area (Å²) in [6.07, 6.45) is 1.71. The van der Waals surface area contributed by atoms with Gasteiger partial charge in [-0.25, -0.2) is 0 Å². The Labute approximate surface area is 138 Å². The summed E-state index contributed by atoms with van der Waals surface area (Å²) < 4.78 is 0. The van der Waals surface area contributed by atoms with Gasteiger partial charge in [0.2, 0.25) is 5.91 Å². The lowest BCUT2D eigenvalue weighted by atomic mass is 9.95. The van der Waals surface area contributed by atoms with E-state index < -0.39 is 0 Å². The predicted octanol–water partition coefficient (Wildman–Crippen LogP) is 3.57. The van der Waals surface area contributed by atoms with Crippen molar-refractivity contribution < 1.29 is 4.79 Å². The number of nitrogens with one attached hydrogen (secondary N) is 2. The van der Waals surface area contributed by atoms with E-state index in [2.05, 4.69) is 24.5 Å². The Morgan fingerprint density at radius 3 is 2.57 bits per heavy atom. The Hall–Kier alpha value is -0.770. The van der Waals surface area contributed by atoms with Gasteiger partial charge in [0.15, 0.2) is 0 Å². The molecule has 5 heteroatoms. The van der Waals surface area contributed by atoms with Gasteiger partial charge in [-0.2, -0.15) is 0 Å². The van der Waals surface area contributed by atoms with Crippen molar-refractivity contribution in [2.45, 2.75) is 32.7 Å². The molecule has 1 aliphatic heterocycles. The fraction of sp³-hybridized carbons (Fsp3) is 0.562. The molecule has 2 rings (SSSR count). The third-order valence-corrected chi connectivity index (χ3v) is 4.10. The zero-order chi connectivity index (χ0) is 14.5. The van der Waals surface area contributed by atoms with Crippen molar-refractivity contribution in [1.82, 2.24) is 10.6 Å². The molecule has 0 radical (unpaired) electrons. The minimum Gasteiger partial charge on any atom is -0.349 e. The molecule has 1 aromatic carbocycles. The molecule has 1 fully saturated rings. The summed E-state index contributed by atoms with van der Waals surface area (Å²) in [4.78, 5) is 12.2. The first kappa shape index (κ1) is 18.3. The van der Waals surface area contributed by atoms with Crippen LogP contribution < -0.4 is 10.6 Å². The molecule has 0 aliphatic carbocycles. The third-order valence-electron chi connectivity index (χ3n) is 3.85. The number of carbonyl (C=O) groups is 1. The van der Waals surface area contributed by atoms with Crippen LogP contribution >= 0.6 is 24.0 Å². The average molecular weight is 331 g/mol. The zero-order valence-corrected chi connectivity index (χ0v) is 14.1. The molecule has 118 valence electrons. The van der Waals surface area contributed by atoms with E-state index in [4.69, 9.17) is 11.6 Å². The Morgan fingerprint density at radius 1 is 1.38 bits per heavy atom. The van der Waals surface area contributed by atoms with Crippen molar-refractivity contribution in [1.29, 1.82) is 0 Å².